The van der Waals surface area contributed by atoms with Gasteiger partial charge in [-0.15, -0.1) is 0 Å². The summed E-state index contributed by atoms with van der Waals surface area (Å²) in [6.07, 6.45) is -0.0159. The third-order valence-corrected chi connectivity index (χ3v) is 4.95. The summed E-state index contributed by atoms with van der Waals surface area (Å²) >= 11 is 0. The highest BCUT2D eigenvalue weighted by Gasteiger charge is 2.28. The average molecular weight is 392 g/mol. The second-order valence-electron chi connectivity index (χ2n) is 7.03. The monoisotopic (exact) mass is 392 g/mol. The third-order valence-electron chi connectivity index (χ3n) is 4.95. The van der Waals surface area contributed by atoms with Crippen LogP contribution in [-0.2, 0) is 14.3 Å². The Kier molecular flexibility index (Phi) is 6.12. The second-order valence-corrected chi connectivity index (χ2v) is 7.03. The van der Waals surface area contributed by atoms with Gasteiger partial charge in [-0.05, 0) is 40.5 Å². The van der Waals surface area contributed by atoms with Crippen molar-refractivity contribution in [3.8, 4) is 0 Å². The fourth-order valence-electron chi connectivity index (χ4n) is 3.57. The normalized spacial score (nSPS) is 13.0. The molecule has 29 heavy (non-hydrogen) atoms. The van der Waals surface area contributed by atoms with Crippen molar-refractivity contribution in [2.45, 2.75) is 26.3 Å². The van der Waals surface area contributed by atoms with Crippen molar-refractivity contribution < 1.29 is 19.1 Å². The van der Waals surface area contributed by atoms with Gasteiger partial charge in [0, 0.05) is 0 Å². The van der Waals surface area contributed by atoms with Gasteiger partial charge in [-0.1, -0.05) is 55.5 Å². The number of ether oxygens (including phenoxy) is 1. The summed E-state index contributed by atoms with van der Waals surface area (Å²) in [5, 5.41) is 6.15. The number of rotatable bonds is 7. The minimum atomic E-state index is -0.996. The molecule has 3 rings (SSSR count). The number of primary amides is 1. The summed E-state index contributed by atoms with van der Waals surface area (Å²) in [4.78, 5) is 37.1. The van der Waals surface area contributed by atoms with Gasteiger partial charge in [-0.25, -0.2) is 0 Å². The first-order valence-electron chi connectivity index (χ1n) is 9.58. The van der Waals surface area contributed by atoms with E-state index in [1.165, 1.54) is 0 Å². The molecule has 150 valence electrons. The van der Waals surface area contributed by atoms with E-state index in [0.29, 0.717) is 5.56 Å². The van der Waals surface area contributed by atoms with E-state index in [1.54, 1.807) is 13.8 Å². The van der Waals surface area contributed by atoms with E-state index in [1.807, 2.05) is 54.6 Å². The Labute approximate surface area is 169 Å². The topological polar surface area (TPSA) is 98.5 Å². The molecule has 0 aromatic heterocycles. The van der Waals surface area contributed by atoms with Crippen molar-refractivity contribution in [1.82, 2.24) is 5.32 Å². The van der Waals surface area contributed by atoms with Crippen LogP contribution in [0.2, 0.25) is 0 Å². The van der Waals surface area contributed by atoms with Gasteiger partial charge in [0.1, 0.15) is 6.04 Å². The van der Waals surface area contributed by atoms with E-state index in [-0.39, 0.29) is 13.0 Å². The number of carbonyl (C=O) groups is 3. The molecular weight excluding hydrogens is 368 g/mol. The lowest BCUT2D eigenvalue weighted by Gasteiger charge is -2.22. The molecule has 0 radical (unpaired) electrons. The highest BCUT2D eigenvalue weighted by molar-refractivity contribution is 6.18. The predicted octanol–water partition coefficient (Wildman–Crippen LogP) is 3.17. The first-order valence-corrected chi connectivity index (χ1v) is 9.58. The molecule has 0 fully saturated rings. The first kappa shape index (κ1) is 20.3. The van der Waals surface area contributed by atoms with Crippen LogP contribution in [0.1, 0.15) is 30.6 Å². The van der Waals surface area contributed by atoms with Gasteiger partial charge in [0.05, 0.1) is 18.6 Å². The van der Waals surface area contributed by atoms with Gasteiger partial charge in [-0.2, -0.15) is 0 Å². The molecule has 2 amide bonds. The standard InChI is InChI=1S/C23H24N2O4/c1-3-29-19(26)12-14(2)21(22(24)27)25-23(28)20-17-10-6-4-8-15(17)13-16-9-5-7-11-18(16)20/h4-11,13-14,21H,3,12H2,1-2H3,(H2,24,27)(H,25,28)/t14-,21-/m0/s1. The molecule has 0 aliphatic rings. The van der Waals surface area contributed by atoms with E-state index in [2.05, 4.69) is 5.32 Å². The molecule has 0 spiro atoms. The lowest BCUT2D eigenvalue weighted by atomic mass is 9.94. The maximum atomic E-state index is 13.3. The first-order chi connectivity index (χ1) is 13.9. The Morgan fingerprint density at radius 1 is 1.00 bits per heavy atom. The third kappa shape index (κ3) is 4.37. The molecule has 0 saturated heterocycles. The van der Waals surface area contributed by atoms with Crippen LogP contribution in [0.15, 0.2) is 54.6 Å². The van der Waals surface area contributed by atoms with E-state index in [0.717, 1.165) is 21.5 Å². The van der Waals surface area contributed by atoms with Crippen molar-refractivity contribution >= 4 is 39.3 Å². The van der Waals surface area contributed by atoms with Crippen molar-refractivity contribution in [2.24, 2.45) is 11.7 Å². The lowest BCUT2D eigenvalue weighted by Crippen LogP contribution is -2.49. The SMILES string of the molecule is CCOC(=O)C[C@H](C)[C@H](NC(=O)c1c2ccccc2cc2ccccc12)C(N)=O. The second kappa shape index (κ2) is 8.73. The summed E-state index contributed by atoms with van der Waals surface area (Å²) in [5.74, 6) is -2.04. The zero-order valence-electron chi connectivity index (χ0n) is 16.5. The molecular formula is C23H24N2O4. The van der Waals surface area contributed by atoms with Crippen molar-refractivity contribution in [1.29, 1.82) is 0 Å². The zero-order chi connectivity index (χ0) is 21.0. The summed E-state index contributed by atoms with van der Waals surface area (Å²) in [6.45, 7) is 3.65. The molecule has 0 bridgehead atoms. The van der Waals surface area contributed by atoms with Crippen LogP contribution in [0, 0.1) is 5.92 Å². The Morgan fingerprint density at radius 2 is 1.55 bits per heavy atom. The number of esters is 1. The van der Waals surface area contributed by atoms with Gasteiger partial charge in [0.15, 0.2) is 0 Å². The van der Waals surface area contributed by atoms with E-state index >= 15 is 0 Å². The fraction of sp³-hybridized carbons (Fsp3) is 0.261. The van der Waals surface area contributed by atoms with Gasteiger partial charge in [-0.3, -0.25) is 14.4 Å². The molecule has 0 heterocycles. The number of fused-ring (bicyclic) bond motifs is 2. The van der Waals surface area contributed by atoms with Crippen molar-refractivity contribution in [2.75, 3.05) is 6.61 Å². The van der Waals surface area contributed by atoms with E-state index in [9.17, 15) is 14.4 Å². The summed E-state index contributed by atoms with van der Waals surface area (Å²) in [6, 6.07) is 16.2. The van der Waals surface area contributed by atoms with Crippen LogP contribution < -0.4 is 11.1 Å². The minimum absolute atomic E-state index is 0.0159. The minimum Gasteiger partial charge on any atom is -0.466 e. The zero-order valence-corrected chi connectivity index (χ0v) is 16.5. The van der Waals surface area contributed by atoms with Crippen LogP contribution in [-0.4, -0.2) is 30.4 Å². The molecule has 0 unspecified atom stereocenters. The van der Waals surface area contributed by atoms with Crippen LogP contribution in [0.5, 0.6) is 0 Å². The number of hydrogen-bond acceptors (Lipinski definition) is 4. The quantitative estimate of drug-likeness (QED) is 0.477. The highest BCUT2D eigenvalue weighted by atomic mass is 16.5. The summed E-state index contributed by atoms with van der Waals surface area (Å²) < 4.78 is 4.94. The number of amides is 2. The smallest absolute Gasteiger partial charge is 0.306 e. The molecule has 0 aliphatic heterocycles. The molecule has 3 aromatic rings. The largest absolute Gasteiger partial charge is 0.466 e. The number of nitrogens with one attached hydrogen (secondary N) is 1. The fourth-order valence-corrected chi connectivity index (χ4v) is 3.57. The van der Waals surface area contributed by atoms with Crippen LogP contribution in [0.4, 0.5) is 0 Å². The number of nitrogens with two attached hydrogens (primary N) is 1. The summed E-state index contributed by atoms with van der Waals surface area (Å²) in [7, 11) is 0. The van der Waals surface area contributed by atoms with Crippen LogP contribution in [0.3, 0.4) is 0 Å². The number of hydrogen-bond donors (Lipinski definition) is 2. The van der Waals surface area contributed by atoms with Gasteiger partial charge < -0.3 is 15.8 Å². The van der Waals surface area contributed by atoms with Crippen LogP contribution >= 0.6 is 0 Å². The Bertz CT molecular complexity index is 1020. The molecule has 2 atom stereocenters. The Morgan fingerprint density at radius 3 is 2.07 bits per heavy atom. The molecule has 3 N–H and O–H groups in total. The van der Waals surface area contributed by atoms with E-state index < -0.39 is 29.7 Å². The maximum absolute atomic E-state index is 13.3. The molecule has 0 saturated carbocycles. The summed E-state index contributed by atoms with van der Waals surface area (Å²) in [5.41, 5.74) is 6.01. The highest BCUT2D eigenvalue weighted by Crippen LogP contribution is 2.28. The predicted molar refractivity (Wildman–Crippen MR) is 112 cm³/mol. The molecule has 0 aliphatic carbocycles. The van der Waals surface area contributed by atoms with E-state index in [4.69, 9.17) is 10.5 Å². The molecule has 6 nitrogen and oxygen atoms in total. The van der Waals surface area contributed by atoms with Gasteiger partial charge in [0.25, 0.3) is 5.91 Å². The Balaban J connectivity index is 1.99. The van der Waals surface area contributed by atoms with Crippen molar-refractivity contribution in [3.05, 3.63) is 60.2 Å². The number of carbonyl (C=O) groups excluding carboxylic acids is 3. The van der Waals surface area contributed by atoms with Gasteiger partial charge >= 0.3 is 5.97 Å². The number of benzene rings is 3. The van der Waals surface area contributed by atoms with Crippen LogP contribution in [0.25, 0.3) is 21.5 Å². The molecule has 3 aromatic carbocycles. The van der Waals surface area contributed by atoms with Crippen molar-refractivity contribution in [3.63, 3.8) is 0 Å². The Hall–Kier alpha value is -3.41. The average Bonchev–Trinajstić information content (AvgIpc) is 2.69. The molecule has 6 heteroatoms. The van der Waals surface area contributed by atoms with Gasteiger partial charge in [0.2, 0.25) is 5.91 Å². The maximum Gasteiger partial charge on any atom is 0.306 e. The lowest BCUT2D eigenvalue weighted by molar-refractivity contribution is -0.144.